The zero-order valence-corrected chi connectivity index (χ0v) is 12.8. The molecule has 2 aromatic rings. The lowest BCUT2D eigenvalue weighted by molar-refractivity contribution is 0.475. The normalized spacial score (nSPS) is 14.2. The van der Waals surface area contributed by atoms with Gasteiger partial charge in [-0.3, -0.25) is 0 Å². The van der Waals surface area contributed by atoms with Gasteiger partial charge in [0.25, 0.3) is 0 Å². The summed E-state index contributed by atoms with van der Waals surface area (Å²) in [6, 6.07) is 12.7. The monoisotopic (exact) mass is 341 g/mol. The van der Waals surface area contributed by atoms with Gasteiger partial charge < -0.3 is 5.73 Å². The smallest absolute Gasteiger partial charge is 0.145 e. The van der Waals surface area contributed by atoms with Crippen molar-refractivity contribution in [3.8, 4) is 0 Å². The standard InChI is InChI=1S/C15H14BrClFN/c1-15(19,11-5-3-6-12(16)8-11)9-10-4-2-7-13(17)14(10)18/h2-8H,9,19H2,1H3. The summed E-state index contributed by atoms with van der Waals surface area (Å²) in [5.41, 5.74) is 7.14. The minimum Gasteiger partial charge on any atom is -0.321 e. The fourth-order valence-corrected chi connectivity index (χ4v) is 2.62. The molecule has 0 saturated heterocycles. The second kappa shape index (κ2) is 5.61. The second-order valence-electron chi connectivity index (χ2n) is 4.82. The molecule has 0 radical (unpaired) electrons. The Bertz CT molecular complexity index is 598. The molecule has 0 amide bonds. The highest BCUT2D eigenvalue weighted by atomic mass is 79.9. The van der Waals surface area contributed by atoms with Crippen LogP contribution in [-0.4, -0.2) is 0 Å². The molecular formula is C15H14BrClFN. The van der Waals surface area contributed by atoms with Gasteiger partial charge in [-0.25, -0.2) is 4.39 Å². The zero-order valence-electron chi connectivity index (χ0n) is 10.5. The number of benzene rings is 2. The van der Waals surface area contributed by atoms with Gasteiger partial charge in [-0.05, 0) is 42.7 Å². The van der Waals surface area contributed by atoms with Crippen molar-refractivity contribution < 1.29 is 4.39 Å². The number of nitrogens with two attached hydrogens (primary N) is 1. The van der Waals surface area contributed by atoms with E-state index in [-0.39, 0.29) is 5.02 Å². The van der Waals surface area contributed by atoms with Crippen molar-refractivity contribution in [1.29, 1.82) is 0 Å². The van der Waals surface area contributed by atoms with Gasteiger partial charge in [0, 0.05) is 10.0 Å². The Kier molecular flexibility index (Phi) is 4.29. The molecule has 0 bridgehead atoms. The first kappa shape index (κ1) is 14.5. The molecule has 0 fully saturated rings. The average molecular weight is 343 g/mol. The lowest BCUT2D eigenvalue weighted by Crippen LogP contribution is -2.35. The lowest BCUT2D eigenvalue weighted by Gasteiger charge is -2.26. The van der Waals surface area contributed by atoms with E-state index in [9.17, 15) is 4.39 Å². The maximum absolute atomic E-state index is 13.9. The van der Waals surface area contributed by atoms with Crippen LogP contribution in [-0.2, 0) is 12.0 Å². The van der Waals surface area contributed by atoms with Gasteiger partial charge in [-0.15, -0.1) is 0 Å². The summed E-state index contributed by atoms with van der Waals surface area (Å²) in [5, 5.41) is 0.127. The van der Waals surface area contributed by atoms with E-state index in [1.165, 1.54) is 6.07 Å². The van der Waals surface area contributed by atoms with Crippen LogP contribution in [0.3, 0.4) is 0 Å². The molecular weight excluding hydrogens is 329 g/mol. The van der Waals surface area contributed by atoms with Crippen molar-refractivity contribution in [2.24, 2.45) is 5.73 Å². The summed E-state index contributed by atoms with van der Waals surface area (Å²) < 4.78 is 14.9. The van der Waals surface area contributed by atoms with E-state index in [1.807, 2.05) is 31.2 Å². The minimum absolute atomic E-state index is 0.127. The summed E-state index contributed by atoms with van der Waals surface area (Å²) in [6.45, 7) is 1.88. The van der Waals surface area contributed by atoms with E-state index in [0.29, 0.717) is 12.0 Å². The van der Waals surface area contributed by atoms with Crippen LogP contribution in [0.25, 0.3) is 0 Å². The number of hydrogen-bond donors (Lipinski definition) is 1. The first-order valence-corrected chi connectivity index (χ1v) is 7.05. The number of halogens is 3. The molecule has 0 heterocycles. The molecule has 0 aliphatic heterocycles. The quantitative estimate of drug-likeness (QED) is 0.862. The summed E-state index contributed by atoms with van der Waals surface area (Å²) >= 11 is 9.21. The maximum atomic E-state index is 13.9. The molecule has 1 nitrogen and oxygen atoms in total. The third-order valence-electron chi connectivity index (χ3n) is 3.07. The van der Waals surface area contributed by atoms with Crippen molar-refractivity contribution in [2.75, 3.05) is 0 Å². The van der Waals surface area contributed by atoms with Gasteiger partial charge in [0.05, 0.1) is 5.02 Å². The van der Waals surface area contributed by atoms with Gasteiger partial charge in [0.1, 0.15) is 5.82 Å². The second-order valence-corrected chi connectivity index (χ2v) is 6.14. The largest absolute Gasteiger partial charge is 0.321 e. The van der Waals surface area contributed by atoms with Crippen LogP contribution in [0, 0.1) is 5.82 Å². The van der Waals surface area contributed by atoms with Crippen molar-refractivity contribution in [1.82, 2.24) is 0 Å². The fraction of sp³-hybridized carbons (Fsp3) is 0.200. The molecule has 2 N–H and O–H groups in total. The predicted molar refractivity (Wildman–Crippen MR) is 80.8 cm³/mol. The Morgan fingerprint density at radius 1 is 1.26 bits per heavy atom. The molecule has 0 aromatic heterocycles. The van der Waals surface area contributed by atoms with E-state index < -0.39 is 11.4 Å². The van der Waals surface area contributed by atoms with Crippen LogP contribution in [0.15, 0.2) is 46.9 Å². The average Bonchev–Trinajstić information content (AvgIpc) is 2.35. The summed E-state index contributed by atoms with van der Waals surface area (Å²) in [4.78, 5) is 0. The lowest BCUT2D eigenvalue weighted by atomic mass is 9.86. The van der Waals surface area contributed by atoms with Crippen LogP contribution in [0.5, 0.6) is 0 Å². The molecule has 100 valence electrons. The SMILES string of the molecule is CC(N)(Cc1cccc(Cl)c1F)c1cccc(Br)c1. The predicted octanol–water partition coefficient (Wildman–Crippen LogP) is 4.66. The molecule has 1 atom stereocenters. The molecule has 2 aromatic carbocycles. The summed E-state index contributed by atoms with van der Waals surface area (Å²) in [6.07, 6.45) is 0.385. The van der Waals surface area contributed by atoms with Crippen molar-refractivity contribution in [3.63, 3.8) is 0 Å². The third-order valence-corrected chi connectivity index (χ3v) is 3.86. The molecule has 0 aliphatic carbocycles. The van der Waals surface area contributed by atoms with E-state index >= 15 is 0 Å². The van der Waals surface area contributed by atoms with E-state index in [4.69, 9.17) is 17.3 Å². The Morgan fingerprint density at radius 3 is 2.63 bits per heavy atom. The van der Waals surface area contributed by atoms with Crippen LogP contribution in [0.2, 0.25) is 5.02 Å². The highest BCUT2D eigenvalue weighted by Crippen LogP contribution is 2.28. The first-order valence-electron chi connectivity index (χ1n) is 5.88. The summed E-state index contributed by atoms with van der Waals surface area (Å²) in [5.74, 6) is -0.393. The van der Waals surface area contributed by atoms with Crippen molar-refractivity contribution in [3.05, 3.63) is 68.9 Å². The highest BCUT2D eigenvalue weighted by molar-refractivity contribution is 9.10. The van der Waals surface area contributed by atoms with Crippen molar-refractivity contribution in [2.45, 2.75) is 18.9 Å². The first-order chi connectivity index (χ1) is 8.90. The Labute approximate surface area is 125 Å². The molecule has 1 unspecified atom stereocenters. The van der Waals surface area contributed by atoms with Crippen LogP contribution in [0.1, 0.15) is 18.1 Å². The molecule has 0 aliphatic rings. The topological polar surface area (TPSA) is 26.0 Å². The Balaban J connectivity index is 2.33. The van der Waals surface area contributed by atoms with E-state index in [2.05, 4.69) is 15.9 Å². The fourth-order valence-electron chi connectivity index (χ4n) is 2.03. The summed E-state index contributed by atoms with van der Waals surface area (Å²) in [7, 11) is 0. The van der Waals surface area contributed by atoms with Crippen LogP contribution >= 0.6 is 27.5 Å². The third kappa shape index (κ3) is 3.35. The van der Waals surface area contributed by atoms with Gasteiger partial charge in [0.2, 0.25) is 0 Å². The van der Waals surface area contributed by atoms with Crippen LogP contribution in [0.4, 0.5) is 4.39 Å². The van der Waals surface area contributed by atoms with E-state index in [0.717, 1.165) is 10.0 Å². The zero-order chi connectivity index (χ0) is 14.0. The molecule has 2 rings (SSSR count). The van der Waals surface area contributed by atoms with Gasteiger partial charge in [-0.1, -0.05) is 51.8 Å². The van der Waals surface area contributed by atoms with Crippen molar-refractivity contribution >= 4 is 27.5 Å². The highest BCUT2D eigenvalue weighted by Gasteiger charge is 2.24. The number of hydrogen-bond acceptors (Lipinski definition) is 1. The molecule has 0 saturated carbocycles. The van der Waals surface area contributed by atoms with Gasteiger partial charge in [-0.2, -0.15) is 0 Å². The minimum atomic E-state index is -0.657. The molecule has 4 heteroatoms. The van der Waals surface area contributed by atoms with E-state index in [1.54, 1.807) is 12.1 Å². The molecule has 19 heavy (non-hydrogen) atoms. The molecule has 0 spiro atoms. The Hall–Kier alpha value is -0.900. The maximum Gasteiger partial charge on any atom is 0.145 e. The number of rotatable bonds is 3. The Morgan fingerprint density at radius 2 is 1.95 bits per heavy atom. The van der Waals surface area contributed by atoms with Gasteiger partial charge >= 0.3 is 0 Å². The van der Waals surface area contributed by atoms with Gasteiger partial charge in [0.15, 0.2) is 0 Å². The van der Waals surface area contributed by atoms with Crippen LogP contribution < -0.4 is 5.73 Å².